The highest BCUT2D eigenvalue weighted by Gasteiger charge is 2.22. The molecule has 0 aliphatic carbocycles. The summed E-state index contributed by atoms with van der Waals surface area (Å²) in [6.07, 6.45) is 0.389. The van der Waals surface area contributed by atoms with E-state index in [9.17, 15) is 12.8 Å². The van der Waals surface area contributed by atoms with Crippen molar-refractivity contribution < 1.29 is 17.5 Å². The van der Waals surface area contributed by atoms with Crippen LogP contribution in [0.4, 0.5) is 15.8 Å². The third-order valence-corrected chi connectivity index (χ3v) is 5.06. The first-order chi connectivity index (χ1) is 9.78. The molecule has 118 valence electrons. The summed E-state index contributed by atoms with van der Waals surface area (Å²) >= 11 is 0. The molecule has 0 atom stereocenters. The van der Waals surface area contributed by atoms with Gasteiger partial charge in [-0.05, 0) is 20.3 Å². The van der Waals surface area contributed by atoms with Crippen LogP contribution in [-0.2, 0) is 9.84 Å². The SMILES string of the molecule is CC(C)Oc1cc(N2CCCS(=O)(=O)CC2)c(N)cc1F. The number of nitrogen functional groups attached to an aromatic ring is 1. The third kappa shape index (κ3) is 4.00. The van der Waals surface area contributed by atoms with E-state index in [0.717, 1.165) is 0 Å². The Labute approximate surface area is 124 Å². The van der Waals surface area contributed by atoms with Crippen LogP contribution in [0.2, 0.25) is 0 Å². The maximum atomic E-state index is 13.8. The maximum Gasteiger partial charge on any atom is 0.167 e. The van der Waals surface area contributed by atoms with Gasteiger partial charge in [0.05, 0.1) is 29.0 Å². The van der Waals surface area contributed by atoms with E-state index < -0.39 is 15.7 Å². The zero-order valence-corrected chi connectivity index (χ0v) is 13.1. The van der Waals surface area contributed by atoms with Gasteiger partial charge in [0.2, 0.25) is 0 Å². The summed E-state index contributed by atoms with van der Waals surface area (Å²) in [5.41, 5.74) is 6.81. The van der Waals surface area contributed by atoms with Gasteiger partial charge in [-0.25, -0.2) is 12.8 Å². The predicted octanol–water partition coefficient (Wildman–Crippen LogP) is 1.82. The van der Waals surface area contributed by atoms with Crippen LogP contribution in [-0.4, -0.2) is 39.1 Å². The Morgan fingerprint density at radius 3 is 2.67 bits per heavy atom. The lowest BCUT2D eigenvalue weighted by Gasteiger charge is -2.25. The van der Waals surface area contributed by atoms with Crippen molar-refractivity contribution in [3.63, 3.8) is 0 Å². The summed E-state index contributed by atoms with van der Waals surface area (Å²) in [6.45, 7) is 4.57. The van der Waals surface area contributed by atoms with Crippen LogP contribution in [0.3, 0.4) is 0 Å². The number of nitrogens with two attached hydrogens (primary N) is 1. The molecule has 2 N–H and O–H groups in total. The number of hydrogen-bond acceptors (Lipinski definition) is 5. The normalized spacial score (nSPS) is 18.6. The number of halogens is 1. The minimum atomic E-state index is -3.00. The Kier molecular flexibility index (Phi) is 4.61. The monoisotopic (exact) mass is 316 g/mol. The molecule has 1 aromatic carbocycles. The Morgan fingerprint density at radius 2 is 2.00 bits per heavy atom. The smallest absolute Gasteiger partial charge is 0.167 e. The van der Waals surface area contributed by atoms with E-state index in [-0.39, 0.29) is 23.4 Å². The fourth-order valence-corrected chi connectivity index (χ4v) is 3.63. The molecule has 0 aromatic heterocycles. The first-order valence-corrected chi connectivity index (χ1v) is 8.81. The minimum Gasteiger partial charge on any atom is -0.488 e. The molecule has 1 aromatic rings. The highest BCUT2D eigenvalue weighted by atomic mass is 32.2. The number of rotatable bonds is 3. The summed E-state index contributed by atoms with van der Waals surface area (Å²) in [5.74, 6) is -0.0990. The average molecular weight is 316 g/mol. The van der Waals surface area contributed by atoms with Gasteiger partial charge in [-0.15, -0.1) is 0 Å². The molecule has 7 heteroatoms. The van der Waals surface area contributed by atoms with Crippen molar-refractivity contribution in [1.82, 2.24) is 0 Å². The van der Waals surface area contributed by atoms with Crippen LogP contribution >= 0.6 is 0 Å². The van der Waals surface area contributed by atoms with Crippen LogP contribution in [0.5, 0.6) is 5.75 Å². The Balaban J connectivity index is 2.30. The largest absolute Gasteiger partial charge is 0.488 e. The summed E-state index contributed by atoms with van der Waals surface area (Å²) < 4.78 is 42.6. The quantitative estimate of drug-likeness (QED) is 0.861. The van der Waals surface area contributed by atoms with Crippen LogP contribution in [0.15, 0.2) is 12.1 Å². The van der Waals surface area contributed by atoms with Crippen molar-refractivity contribution in [2.45, 2.75) is 26.4 Å². The summed E-state index contributed by atoms with van der Waals surface area (Å²) in [6, 6.07) is 2.79. The van der Waals surface area contributed by atoms with Gasteiger partial charge in [0, 0.05) is 25.2 Å². The number of nitrogens with zero attached hydrogens (tertiary/aromatic N) is 1. The molecule has 1 fully saturated rings. The number of sulfone groups is 1. The lowest BCUT2D eigenvalue weighted by molar-refractivity contribution is 0.231. The summed E-state index contributed by atoms with van der Waals surface area (Å²) in [5, 5.41) is 0. The molecule has 0 saturated carbocycles. The van der Waals surface area contributed by atoms with Crippen molar-refractivity contribution >= 4 is 21.2 Å². The predicted molar refractivity (Wildman–Crippen MR) is 82.1 cm³/mol. The van der Waals surface area contributed by atoms with E-state index >= 15 is 0 Å². The average Bonchev–Trinajstić information content (AvgIpc) is 2.53. The minimum absolute atomic E-state index is 0.0875. The van der Waals surface area contributed by atoms with Crippen molar-refractivity contribution in [1.29, 1.82) is 0 Å². The first kappa shape index (κ1) is 15.9. The molecular weight excluding hydrogens is 295 g/mol. The molecule has 1 heterocycles. The highest BCUT2D eigenvalue weighted by Crippen LogP contribution is 2.32. The van der Waals surface area contributed by atoms with E-state index in [1.807, 2.05) is 18.7 Å². The van der Waals surface area contributed by atoms with Gasteiger partial charge in [-0.2, -0.15) is 0 Å². The molecule has 21 heavy (non-hydrogen) atoms. The zero-order valence-electron chi connectivity index (χ0n) is 12.3. The lowest BCUT2D eigenvalue weighted by atomic mass is 10.2. The van der Waals surface area contributed by atoms with E-state index in [2.05, 4.69) is 0 Å². The van der Waals surface area contributed by atoms with Crippen LogP contribution in [0.1, 0.15) is 20.3 Å². The van der Waals surface area contributed by atoms with Gasteiger partial charge in [0.15, 0.2) is 21.4 Å². The molecule has 0 amide bonds. The molecule has 1 aliphatic heterocycles. The third-order valence-electron chi connectivity index (χ3n) is 3.34. The molecule has 2 rings (SSSR count). The van der Waals surface area contributed by atoms with Gasteiger partial charge < -0.3 is 15.4 Å². The van der Waals surface area contributed by atoms with E-state index in [1.165, 1.54) is 6.07 Å². The molecule has 5 nitrogen and oxygen atoms in total. The molecule has 1 aliphatic rings. The Bertz CT molecular complexity index is 617. The highest BCUT2D eigenvalue weighted by molar-refractivity contribution is 7.91. The van der Waals surface area contributed by atoms with E-state index in [1.54, 1.807) is 6.07 Å². The van der Waals surface area contributed by atoms with Crippen molar-refractivity contribution in [3.05, 3.63) is 17.9 Å². The molecular formula is C14H21FN2O3S. The Morgan fingerprint density at radius 1 is 1.29 bits per heavy atom. The van der Waals surface area contributed by atoms with Gasteiger partial charge in [0.1, 0.15) is 0 Å². The second kappa shape index (κ2) is 6.09. The summed E-state index contributed by atoms with van der Waals surface area (Å²) in [7, 11) is -3.00. The Hall–Kier alpha value is -1.50. The van der Waals surface area contributed by atoms with Gasteiger partial charge >= 0.3 is 0 Å². The van der Waals surface area contributed by atoms with Gasteiger partial charge in [0.25, 0.3) is 0 Å². The van der Waals surface area contributed by atoms with Gasteiger partial charge in [-0.1, -0.05) is 0 Å². The number of anilines is 2. The van der Waals surface area contributed by atoms with Gasteiger partial charge in [-0.3, -0.25) is 0 Å². The van der Waals surface area contributed by atoms with E-state index in [0.29, 0.717) is 30.9 Å². The number of ether oxygens (including phenoxy) is 1. The molecule has 0 spiro atoms. The second-order valence-corrected chi connectivity index (χ2v) is 7.80. The van der Waals surface area contributed by atoms with E-state index in [4.69, 9.17) is 10.5 Å². The zero-order chi connectivity index (χ0) is 15.6. The van der Waals surface area contributed by atoms with Crippen LogP contribution in [0, 0.1) is 5.82 Å². The molecule has 0 unspecified atom stereocenters. The molecule has 0 radical (unpaired) electrons. The molecule has 0 bridgehead atoms. The first-order valence-electron chi connectivity index (χ1n) is 6.99. The topological polar surface area (TPSA) is 72.6 Å². The fraction of sp³-hybridized carbons (Fsp3) is 0.571. The number of hydrogen-bond donors (Lipinski definition) is 1. The number of benzene rings is 1. The fourth-order valence-electron chi connectivity index (χ4n) is 2.36. The van der Waals surface area contributed by atoms with Crippen molar-refractivity contribution in [2.75, 3.05) is 35.2 Å². The lowest BCUT2D eigenvalue weighted by Crippen LogP contribution is -2.27. The maximum absolute atomic E-state index is 13.8. The standard InChI is InChI=1S/C14H21FN2O3S/c1-10(2)20-14-9-13(12(16)8-11(14)15)17-4-3-6-21(18,19)7-5-17/h8-10H,3-7,16H2,1-2H3. The van der Waals surface area contributed by atoms with Crippen LogP contribution in [0.25, 0.3) is 0 Å². The van der Waals surface area contributed by atoms with Crippen molar-refractivity contribution in [3.8, 4) is 5.75 Å². The van der Waals surface area contributed by atoms with Crippen LogP contribution < -0.4 is 15.4 Å². The van der Waals surface area contributed by atoms with Crippen molar-refractivity contribution in [2.24, 2.45) is 0 Å². The molecule has 1 saturated heterocycles. The second-order valence-electron chi connectivity index (χ2n) is 5.50. The summed E-state index contributed by atoms with van der Waals surface area (Å²) in [4.78, 5) is 1.88.